The van der Waals surface area contributed by atoms with Gasteiger partial charge in [0.2, 0.25) is 0 Å². The first-order valence-electron chi connectivity index (χ1n) is 5.64. The molecule has 2 atom stereocenters. The van der Waals surface area contributed by atoms with Gasteiger partial charge in [0.1, 0.15) is 0 Å². The van der Waals surface area contributed by atoms with Crippen LogP contribution in [0.5, 0.6) is 0 Å². The summed E-state index contributed by atoms with van der Waals surface area (Å²) in [6.45, 7) is 3.41. The third-order valence-corrected chi connectivity index (χ3v) is 3.63. The molecule has 74 valence electrons. The van der Waals surface area contributed by atoms with E-state index >= 15 is 0 Å². The Morgan fingerprint density at radius 2 is 2.14 bits per heavy atom. The average molecular weight is 187 g/mol. The van der Waals surface area contributed by atoms with Gasteiger partial charge >= 0.3 is 0 Å². The lowest BCUT2D eigenvalue weighted by Crippen LogP contribution is -2.46. The number of aryl methyl sites for hydroxylation is 1. The molecule has 0 bridgehead atoms. The molecule has 0 radical (unpaired) electrons. The Balaban J connectivity index is 1.81. The molecule has 2 aliphatic rings. The summed E-state index contributed by atoms with van der Waals surface area (Å²) in [4.78, 5) is 0. The molecule has 2 fully saturated rings. The molecular formula is C13H17N. The van der Waals surface area contributed by atoms with Gasteiger partial charge in [-0.05, 0) is 37.2 Å². The van der Waals surface area contributed by atoms with Gasteiger partial charge in [0.25, 0.3) is 0 Å². The van der Waals surface area contributed by atoms with Crippen molar-refractivity contribution in [2.24, 2.45) is 11.8 Å². The standard InChI is InChI=1S/C13H17N/c1-9-3-2-4-11(7-9)13-12(8-14-13)10-5-6-10/h2-4,7,10,12-14H,5-6,8H2,1H3. The van der Waals surface area contributed by atoms with Crippen molar-refractivity contribution in [1.82, 2.24) is 5.32 Å². The van der Waals surface area contributed by atoms with E-state index < -0.39 is 0 Å². The highest BCUT2D eigenvalue weighted by atomic mass is 15.0. The molecule has 0 amide bonds. The van der Waals surface area contributed by atoms with Gasteiger partial charge in [0.15, 0.2) is 0 Å². The fraction of sp³-hybridized carbons (Fsp3) is 0.538. The number of hydrogen-bond acceptors (Lipinski definition) is 1. The van der Waals surface area contributed by atoms with Gasteiger partial charge in [0, 0.05) is 12.6 Å². The summed E-state index contributed by atoms with van der Waals surface area (Å²) < 4.78 is 0. The van der Waals surface area contributed by atoms with E-state index in [0.29, 0.717) is 6.04 Å². The molecule has 1 aromatic rings. The van der Waals surface area contributed by atoms with Crippen molar-refractivity contribution in [3.8, 4) is 0 Å². The Morgan fingerprint density at radius 3 is 2.71 bits per heavy atom. The van der Waals surface area contributed by atoms with Crippen molar-refractivity contribution in [2.75, 3.05) is 6.54 Å². The van der Waals surface area contributed by atoms with Crippen molar-refractivity contribution in [3.05, 3.63) is 35.4 Å². The summed E-state index contributed by atoms with van der Waals surface area (Å²) >= 11 is 0. The van der Waals surface area contributed by atoms with Gasteiger partial charge in [0.05, 0.1) is 0 Å². The fourth-order valence-electron chi connectivity index (χ4n) is 2.56. The Labute approximate surface area is 85.5 Å². The summed E-state index contributed by atoms with van der Waals surface area (Å²) in [6.07, 6.45) is 2.93. The van der Waals surface area contributed by atoms with Crippen molar-refractivity contribution >= 4 is 0 Å². The van der Waals surface area contributed by atoms with E-state index in [1.165, 1.54) is 30.5 Å². The summed E-state index contributed by atoms with van der Waals surface area (Å²) in [5.74, 6) is 1.96. The van der Waals surface area contributed by atoms with E-state index in [4.69, 9.17) is 0 Å². The molecule has 1 saturated heterocycles. The van der Waals surface area contributed by atoms with Crippen LogP contribution in [0.3, 0.4) is 0 Å². The second kappa shape index (κ2) is 3.09. The lowest BCUT2D eigenvalue weighted by atomic mass is 9.82. The second-order valence-corrected chi connectivity index (χ2v) is 4.80. The number of nitrogens with one attached hydrogen (secondary N) is 1. The van der Waals surface area contributed by atoms with E-state index in [9.17, 15) is 0 Å². The molecular weight excluding hydrogens is 170 g/mol. The van der Waals surface area contributed by atoms with Gasteiger partial charge in [-0.15, -0.1) is 0 Å². The van der Waals surface area contributed by atoms with Crippen molar-refractivity contribution in [1.29, 1.82) is 0 Å². The van der Waals surface area contributed by atoms with Gasteiger partial charge in [-0.1, -0.05) is 29.8 Å². The Hall–Kier alpha value is -0.820. The molecule has 1 aliphatic carbocycles. The highest BCUT2D eigenvalue weighted by Gasteiger charge is 2.42. The molecule has 14 heavy (non-hydrogen) atoms. The van der Waals surface area contributed by atoms with Crippen molar-refractivity contribution < 1.29 is 0 Å². The van der Waals surface area contributed by atoms with Crippen LogP contribution in [0.2, 0.25) is 0 Å². The van der Waals surface area contributed by atoms with Crippen molar-refractivity contribution in [3.63, 3.8) is 0 Å². The first-order chi connectivity index (χ1) is 6.84. The molecule has 1 aliphatic heterocycles. The Kier molecular flexibility index (Phi) is 1.88. The fourth-order valence-corrected chi connectivity index (χ4v) is 2.56. The molecule has 1 N–H and O–H groups in total. The summed E-state index contributed by atoms with van der Waals surface area (Å²) in [5.41, 5.74) is 2.87. The lowest BCUT2D eigenvalue weighted by Gasteiger charge is -2.39. The van der Waals surface area contributed by atoms with Crippen LogP contribution in [-0.2, 0) is 0 Å². The van der Waals surface area contributed by atoms with Crippen LogP contribution in [0, 0.1) is 18.8 Å². The van der Waals surface area contributed by atoms with Crippen LogP contribution in [0.15, 0.2) is 24.3 Å². The Bertz CT molecular complexity index is 341. The molecule has 1 aromatic carbocycles. The largest absolute Gasteiger partial charge is 0.309 e. The topological polar surface area (TPSA) is 12.0 Å². The van der Waals surface area contributed by atoms with E-state index in [-0.39, 0.29) is 0 Å². The normalized spacial score (nSPS) is 31.2. The molecule has 1 heteroatoms. The molecule has 1 nitrogen and oxygen atoms in total. The van der Waals surface area contributed by atoms with Crippen LogP contribution in [0.4, 0.5) is 0 Å². The van der Waals surface area contributed by atoms with E-state index in [1.54, 1.807) is 0 Å². The van der Waals surface area contributed by atoms with Crippen molar-refractivity contribution in [2.45, 2.75) is 25.8 Å². The predicted octanol–water partition coefficient (Wildman–Crippen LogP) is 2.67. The highest BCUT2D eigenvalue weighted by molar-refractivity contribution is 5.27. The van der Waals surface area contributed by atoms with Crippen LogP contribution in [0.1, 0.15) is 30.0 Å². The van der Waals surface area contributed by atoms with Gasteiger partial charge in [-0.3, -0.25) is 0 Å². The highest BCUT2D eigenvalue weighted by Crippen LogP contribution is 2.46. The maximum Gasteiger partial charge on any atom is 0.0363 e. The van der Waals surface area contributed by atoms with Crippen LogP contribution < -0.4 is 5.32 Å². The zero-order chi connectivity index (χ0) is 9.54. The second-order valence-electron chi connectivity index (χ2n) is 4.80. The summed E-state index contributed by atoms with van der Waals surface area (Å²) in [5, 5.41) is 3.56. The first-order valence-corrected chi connectivity index (χ1v) is 5.64. The smallest absolute Gasteiger partial charge is 0.0363 e. The predicted molar refractivity (Wildman–Crippen MR) is 58.1 cm³/mol. The maximum absolute atomic E-state index is 3.56. The number of rotatable bonds is 2. The quantitative estimate of drug-likeness (QED) is 0.750. The molecule has 1 heterocycles. The minimum atomic E-state index is 0.655. The molecule has 0 aromatic heterocycles. The van der Waals surface area contributed by atoms with E-state index in [2.05, 4.69) is 36.5 Å². The zero-order valence-electron chi connectivity index (χ0n) is 8.66. The van der Waals surface area contributed by atoms with Gasteiger partial charge in [-0.25, -0.2) is 0 Å². The van der Waals surface area contributed by atoms with Crippen LogP contribution in [0.25, 0.3) is 0 Å². The Morgan fingerprint density at radius 1 is 1.29 bits per heavy atom. The van der Waals surface area contributed by atoms with Gasteiger partial charge < -0.3 is 5.32 Å². The number of benzene rings is 1. The monoisotopic (exact) mass is 187 g/mol. The molecule has 2 unspecified atom stereocenters. The third kappa shape index (κ3) is 1.36. The minimum absolute atomic E-state index is 0.655. The average Bonchev–Trinajstić information content (AvgIpc) is 2.86. The SMILES string of the molecule is Cc1cccc(C2NCC2C2CC2)c1. The molecule has 0 spiro atoms. The summed E-state index contributed by atoms with van der Waals surface area (Å²) in [6, 6.07) is 9.59. The van der Waals surface area contributed by atoms with Crippen LogP contribution >= 0.6 is 0 Å². The molecule has 1 saturated carbocycles. The van der Waals surface area contributed by atoms with Crippen LogP contribution in [-0.4, -0.2) is 6.54 Å². The third-order valence-electron chi connectivity index (χ3n) is 3.63. The van der Waals surface area contributed by atoms with Gasteiger partial charge in [-0.2, -0.15) is 0 Å². The maximum atomic E-state index is 3.56. The first kappa shape index (κ1) is 8.49. The van der Waals surface area contributed by atoms with E-state index in [0.717, 1.165) is 11.8 Å². The minimum Gasteiger partial charge on any atom is -0.309 e. The zero-order valence-corrected chi connectivity index (χ0v) is 8.66. The number of hydrogen-bond donors (Lipinski definition) is 1. The summed E-state index contributed by atoms with van der Waals surface area (Å²) in [7, 11) is 0. The molecule has 3 rings (SSSR count). The lowest BCUT2D eigenvalue weighted by molar-refractivity contribution is 0.206. The van der Waals surface area contributed by atoms with E-state index in [1.807, 2.05) is 0 Å².